The van der Waals surface area contributed by atoms with Gasteiger partial charge in [0, 0.05) is 5.56 Å². The van der Waals surface area contributed by atoms with Crippen molar-refractivity contribution >= 4 is 15.6 Å². The highest BCUT2D eigenvalue weighted by atomic mass is 32.2. The van der Waals surface area contributed by atoms with Crippen molar-refractivity contribution in [3.63, 3.8) is 0 Å². The minimum atomic E-state index is -3.92. The van der Waals surface area contributed by atoms with Crippen LogP contribution in [0.25, 0.3) is 0 Å². The van der Waals surface area contributed by atoms with Crippen LogP contribution in [0.15, 0.2) is 53.4 Å². The molecule has 6 heteroatoms. The number of carbonyl (C=O) groups is 1. The molecule has 2 aromatic rings. The SMILES string of the molecule is O=C(CS(=O)(=O)c1cccc(F)c1)c1ccc(F)cc1. The summed E-state index contributed by atoms with van der Waals surface area (Å²) < 4.78 is 49.7. The predicted molar refractivity (Wildman–Crippen MR) is 69.2 cm³/mol. The molecule has 0 fully saturated rings. The zero-order valence-corrected chi connectivity index (χ0v) is 11.0. The maximum Gasteiger partial charge on any atom is 0.185 e. The second-order valence-electron chi connectivity index (χ2n) is 4.15. The minimum absolute atomic E-state index is 0.0892. The van der Waals surface area contributed by atoms with Crippen LogP contribution in [-0.4, -0.2) is 20.0 Å². The number of rotatable bonds is 4. The van der Waals surface area contributed by atoms with Crippen molar-refractivity contribution in [1.82, 2.24) is 0 Å². The first kappa shape index (κ1) is 14.3. The molecule has 0 bridgehead atoms. The van der Waals surface area contributed by atoms with Crippen LogP contribution in [0.2, 0.25) is 0 Å². The summed E-state index contributed by atoms with van der Waals surface area (Å²) in [6.45, 7) is 0. The van der Waals surface area contributed by atoms with Crippen LogP contribution < -0.4 is 0 Å². The zero-order valence-electron chi connectivity index (χ0n) is 10.2. The van der Waals surface area contributed by atoms with E-state index in [0.717, 1.165) is 24.3 Å². The summed E-state index contributed by atoms with van der Waals surface area (Å²) in [7, 11) is -3.92. The Hall–Kier alpha value is -2.08. The van der Waals surface area contributed by atoms with E-state index < -0.39 is 33.0 Å². The highest BCUT2D eigenvalue weighted by Crippen LogP contribution is 2.14. The maximum absolute atomic E-state index is 13.0. The molecule has 0 aliphatic carbocycles. The molecule has 0 unspecified atom stereocenters. The Morgan fingerprint density at radius 1 is 0.950 bits per heavy atom. The Morgan fingerprint density at radius 2 is 1.60 bits per heavy atom. The molecule has 0 aliphatic heterocycles. The highest BCUT2D eigenvalue weighted by Gasteiger charge is 2.20. The van der Waals surface area contributed by atoms with Gasteiger partial charge in [-0.1, -0.05) is 6.07 Å². The van der Waals surface area contributed by atoms with Gasteiger partial charge < -0.3 is 0 Å². The molecule has 2 aromatic carbocycles. The van der Waals surface area contributed by atoms with Gasteiger partial charge in [0.05, 0.1) is 4.90 Å². The van der Waals surface area contributed by atoms with Gasteiger partial charge in [0.1, 0.15) is 17.4 Å². The van der Waals surface area contributed by atoms with E-state index in [4.69, 9.17) is 0 Å². The highest BCUT2D eigenvalue weighted by molar-refractivity contribution is 7.92. The van der Waals surface area contributed by atoms with Crippen molar-refractivity contribution in [2.75, 3.05) is 5.75 Å². The topological polar surface area (TPSA) is 51.2 Å². The van der Waals surface area contributed by atoms with Gasteiger partial charge in [-0.2, -0.15) is 0 Å². The summed E-state index contributed by atoms with van der Waals surface area (Å²) in [4.78, 5) is 11.6. The third-order valence-electron chi connectivity index (χ3n) is 2.64. The van der Waals surface area contributed by atoms with Gasteiger partial charge in [0.2, 0.25) is 0 Å². The number of hydrogen-bond donors (Lipinski definition) is 0. The van der Waals surface area contributed by atoms with Crippen LogP contribution in [-0.2, 0) is 9.84 Å². The van der Waals surface area contributed by atoms with Crippen LogP contribution in [0.5, 0.6) is 0 Å². The van der Waals surface area contributed by atoms with Gasteiger partial charge in [0.15, 0.2) is 15.6 Å². The van der Waals surface area contributed by atoms with E-state index in [2.05, 4.69) is 0 Å². The van der Waals surface area contributed by atoms with E-state index in [1.165, 1.54) is 24.3 Å². The Labute approximate surface area is 114 Å². The fourth-order valence-corrected chi connectivity index (χ4v) is 2.89. The van der Waals surface area contributed by atoms with Gasteiger partial charge >= 0.3 is 0 Å². The van der Waals surface area contributed by atoms with Crippen molar-refractivity contribution in [1.29, 1.82) is 0 Å². The van der Waals surface area contributed by atoms with Crippen molar-refractivity contribution < 1.29 is 22.0 Å². The third-order valence-corrected chi connectivity index (χ3v) is 4.26. The first-order chi connectivity index (χ1) is 9.38. The van der Waals surface area contributed by atoms with Crippen LogP contribution in [0.1, 0.15) is 10.4 Å². The van der Waals surface area contributed by atoms with Crippen LogP contribution in [0.4, 0.5) is 8.78 Å². The number of sulfone groups is 1. The maximum atomic E-state index is 13.0. The molecule has 0 saturated carbocycles. The number of halogens is 2. The van der Waals surface area contributed by atoms with E-state index in [1.54, 1.807) is 0 Å². The van der Waals surface area contributed by atoms with E-state index in [9.17, 15) is 22.0 Å². The molecular formula is C14H10F2O3S. The fraction of sp³-hybridized carbons (Fsp3) is 0.0714. The van der Waals surface area contributed by atoms with Gasteiger partial charge in [-0.05, 0) is 42.5 Å². The molecule has 0 aromatic heterocycles. The second-order valence-corrected chi connectivity index (χ2v) is 6.14. The standard InChI is InChI=1S/C14H10F2O3S/c15-11-6-4-10(5-7-11)14(17)9-20(18,19)13-3-1-2-12(16)8-13/h1-8H,9H2. The van der Waals surface area contributed by atoms with E-state index in [0.29, 0.717) is 0 Å². The molecule has 0 saturated heterocycles. The first-order valence-electron chi connectivity index (χ1n) is 5.65. The van der Waals surface area contributed by atoms with Crippen molar-refractivity contribution in [3.05, 3.63) is 65.7 Å². The average Bonchev–Trinajstić information content (AvgIpc) is 2.39. The summed E-state index contributed by atoms with van der Waals surface area (Å²) in [5.41, 5.74) is 0.0892. The summed E-state index contributed by atoms with van der Waals surface area (Å²) in [6, 6.07) is 9.00. The quantitative estimate of drug-likeness (QED) is 0.815. The van der Waals surface area contributed by atoms with Crippen LogP contribution >= 0.6 is 0 Å². The molecule has 0 heterocycles. The normalized spacial score (nSPS) is 11.3. The molecule has 20 heavy (non-hydrogen) atoms. The lowest BCUT2D eigenvalue weighted by Gasteiger charge is -2.04. The van der Waals surface area contributed by atoms with Crippen molar-refractivity contribution in [2.45, 2.75) is 4.90 Å². The van der Waals surface area contributed by atoms with E-state index >= 15 is 0 Å². The van der Waals surface area contributed by atoms with Gasteiger partial charge in [-0.15, -0.1) is 0 Å². The van der Waals surface area contributed by atoms with Gasteiger partial charge in [-0.25, -0.2) is 17.2 Å². The Morgan fingerprint density at radius 3 is 2.20 bits per heavy atom. The molecule has 3 nitrogen and oxygen atoms in total. The molecule has 0 spiro atoms. The molecule has 0 aliphatic rings. The van der Waals surface area contributed by atoms with Gasteiger partial charge in [0.25, 0.3) is 0 Å². The van der Waals surface area contributed by atoms with Crippen molar-refractivity contribution in [2.24, 2.45) is 0 Å². The molecule has 0 atom stereocenters. The lowest BCUT2D eigenvalue weighted by molar-refractivity contribution is 0.102. The summed E-state index contributed by atoms with van der Waals surface area (Å²) in [5.74, 6) is -2.67. The Balaban J connectivity index is 2.24. The zero-order chi connectivity index (χ0) is 14.8. The molecule has 0 amide bonds. The Bertz CT molecular complexity index is 737. The molecule has 0 N–H and O–H groups in total. The molecular weight excluding hydrogens is 286 g/mol. The summed E-state index contributed by atoms with van der Waals surface area (Å²) in [5, 5.41) is 0. The van der Waals surface area contributed by atoms with Crippen LogP contribution in [0.3, 0.4) is 0 Å². The number of carbonyl (C=O) groups excluding carboxylic acids is 1. The first-order valence-corrected chi connectivity index (χ1v) is 7.31. The predicted octanol–water partition coefficient (Wildman–Crippen LogP) is 2.62. The van der Waals surface area contributed by atoms with Crippen LogP contribution in [0, 0.1) is 11.6 Å². The summed E-state index contributed by atoms with van der Waals surface area (Å²) >= 11 is 0. The third kappa shape index (κ3) is 3.27. The van der Waals surface area contributed by atoms with E-state index in [-0.39, 0.29) is 10.5 Å². The lowest BCUT2D eigenvalue weighted by atomic mass is 10.1. The van der Waals surface area contributed by atoms with E-state index in [1.807, 2.05) is 0 Å². The summed E-state index contributed by atoms with van der Waals surface area (Å²) in [6.07, 6.45) is 0. The number of ketones is 1. The monoisotopic (exact) mass is 296 g/mol. The lowest BCUT2D eigenvalue weighted by Crippen LogP contribution is -2.16. The molecule has 0 radical (unpaired) electrons. The smallest absolute Gasteiger partial charge is 0.185 e. The number of hydrogen-bond acceptors (Lipinski definition) is 3. The fourth-order valence-electron chi connectivity index (χ4n) is 1.64. The number of benzene rings is 2. The average molecular weight is 296 g/mol. The molecule has 2 rings (SSSR count). The largest absolute Gasteiger partial charge is 0.293 e. The molecule has 104 valence electrons. The van der Waals surface area contributed by atoms with Gasteiger partial charge in [-0.3, -0.25) is 4.79 Å². The van der Waals surface area contributed by atoms with Crippen molar-refractivity contribution in [3.8, 4) is 0 Å². The second kappa shape index (κ2) is 5.50. The number of Topliss-reactive ketones (excluding diaryl/α,β-unsaturated/α-hetero) is 1. The Kier molecular flexibility index (Phi) is 3.94. The minimum Gasteiger partial charge on any atom is -0.293 e.